The summed E-state index contributed by atoms with van der Waals surface area (Å²) in [5, 5.41) is 0. The normalized spacial score (nSPS) is 22.5. The summed E-state index contributed by atoms with van der Waals surface area (Å²) in [6.07, 6.45) is 1.18. The lowest BCUT2D eigenvalue weighted by Gasteiger charge is -2.24. The van der Waals surface area contributed by atoms with Crippen LogP contribution < -0.4 is 0 Å². The lowest BCUT2D eigenvalue weighted by molar-refractivity contribution is -0.143. The summed E-state index contributed by atoms with van der Waals surface area (Å²) in [6, 6.07) is 0. The zero-order valence-electron chi connectivity index (χ0n) is 11.3. The molecule has 110 valence electrons. The fourth-order valence-electron chi connectivity index (χ4n) is 2.49. The van der Waals surface area contributed by atoms with E-state index in [0.717, 1.165) is 25.7 Å². The van der Waals surface area contributed by atoms with Gasteiger partial charge in [-0.05, 0) is 37.2 Å². The summed E-state index contributed by atoms with van der Waals surface area (Å²) < 4.78 is 41.0. The number of ketones is 1. The van der Waals surface area contributed by atoms with Crippen LogP contribution in [0.25, 0.3) is 0 Å². The second-order valence-electron chi connectivity index (χ2n) is 5.06. The van der Waals surface area contributed by atoms with Gasteiger partial charge in [0.2, 0.25) is 0 Å². The molecule has 1 aliphatic rings. The van der Waals surface area contributed by atoms with Gasteiger partial charge in [-0.3, -0.25) is 4.79 Å². The summed E-state index contributed by atoms with van der Waals surface area (Å²) >= 11 is 0. The molecule has 1 saturated carbocycles. The number of ether oxygens (including phenoxy) is 1. The van der Waals surface area contributed by atoms with Gasteiger partial charge in [-0.25, -0.2) is 0 Å². The average Bonchev–Trinajstić information content (AvgIpc) is 2.35. The Kier molecular flexibility index (Phi) is 6.38. The van der Waals surface area contributed by atoms with Gasteiger partial charge in [0, 0.05) is 12.8 Å². The van der Waals surface area contributed by atoms with Crippen LogP contribution in [0.4, 0.5) is 13.2 Å². The van der Waals surface area contributed by atoms with Crippen LogP contribution in [0.15, 0.2) is 11.8 Å². The molecule has 1 rings (SSSR count). The van der Waals surface area contributed by atoms with E-state index in [1.54, 1.807) is 13.4 Å². The molecular formula is C14H21F3O2. The highest BCUT2D eigenvalue weighted by molar-refractivity contribution is 5.78. The molecule has 0 radical (unpaired) electrons. The summed E-state index contributed by atoms with van der Waals surface area (Å²) in [5.74, 6) is 0.00296. The van der Waals surface area contributed by atoms with E-state index in [4.69, 9.17) is 4.74 Å². The maximum Gasteiger partial charge on any atom is 0.389 e. The molecule has 1 fully saturated rings. The van der Waals surface area contributed by atoms with Gasteiger partial charge in [0.1, 0.15) is 5.78 Å². The molecule has 0 bridgehead atoms. The van der Waals surface area contributed by atoms with Crippen LogP contribution in [0.5, 0.6) is 0 Å². The summed E-state index contributed by atoms with van der Waals surface area (Å²) in [4.78, 5) is 11.4. The van der Waals surface area contributed by atoms with Gasteiger partial charge in [0.15, 0.2) is 0 Å². The Morgan fingerprint density at radius 3 is 2.74 bits per heavy atom. The smallest absolute Gasteiger partial charge is 0.389 e. The number of rotatable bonds is 6. The van der Waals surface area contributed by atoms with Gasteiger partial charge >= 0.3 is 6.18 Å². The fraction of sp³-hybridized carbons (Fsp3) is 0.786. The fourth-order valence-corrected chi connectivity index (χ4v) is 2.49. The van der Waals surface area contributed by atoms with Crippen molar-refractivity contribution in [2.24, 2.45) is 5.92 Å². The van der Waals surface area contributed by atoms with Crippen molar-refractivity contribution < 1.29 is 22.7 Å². The maximum absolute atomic E-state index is 12.0. The number of carbonyl (C=O) groups excluding carboxylic acids is 1. The molecule has 5 heteroatoms. The van der Waals surface area contributed by atoms with E-state index < -0.39 is 12.6 Å². The third kappa shape index (κ3) is 6.64. The highest BCUT2D eigenvalue weighted by atomic mass is 19.4. The number of alkyl halides is 3. The molecule has 19 heavy (non-hydrogen) atoms. The number of halogens is 3. The summed E-state index contributed by atoms with van der Waals surface area (Å²) in [7, 11) is 1.59. The molecular weight excluding hydrogens is 257 g/mol. The third-order valence-electron chi connectivity index (χ3n) is 3.52. The monoisotopic (exact) mass is 278 g/mol. The van der Waals surface area contributed by atoms with Crippen molar-refractivity contribution in [3.63, 3.8) is 0 Å². The van der Waals surface area contributed by atoms with Crippen LogP contribution in [0.1, 0.15) is 51.4 Å². The van der Waals surface area contributed by atoms with E-state index >= 15 is 0 Å². The van der Waals surface area contributed by atoms with Crippen molar-refractivity contribution >= 4 is 5.78 Å². The number of hydrogen-bond donors (Lipinski definition) is 0. The molecule has 1 aliphatic carbocycles. The molecule has 0 spiro atoms. The van der Waals surface area contributed by atoms with Crippen molar-refractivity contribution in [3.8, 4) is 0 Å². The second-order valence-corrected chi connectivity index (χ2v) is 5.06. The lowest BCUT2D eigenvalue weighted by Crippen LogP contribution is -2.14. The third-order valence-corrected chi connectivity index (χ3v) is 3.52. The van der Waals surface area contributed by atoms with Crippen LogP contribution in [0.3, 0.4) is 0 Å². The Bertz CT molecular complexity index is 321. The Labute approximate surface area is 112 Å². The van der Waals surface area contributed by atoms with Crippen molar-refractivity contribution in [1.29, 1.82) is 0 Å². The first-order valence-corrected chi connectivity index (χ1v) is 6.72. The van der Waals surface area contributed by atoms with Gasteiger partial charge in [-0.15, -0.1) is 0 Å². The first kappa shape index (κ1) is 16.1. The minimum atomic E-state index is -4.23. The van der Waals surface area contributed by atoms with E-state index in [0.29, 0.717) is 12.3 Å². The molecule has 1 atom stereocenters. The molecule has 0 heterocycles. The summed E-state index contributed by atoms with van der Waals surface area (Å²) in [5.41, 5.74) is 1.19. The van der Waals surface area contributed by atoms with Crippen LogP contribution in [0.2, 0.25) is 0 Å². The molecule has 0 aromatic rings. The molecule has 0 amide bonds. The first-order chi connectivity index (χ1) is 8.92. The molecule has 0 unspecified atom stereocenters. The lowest BCUT2D eigenvalue weighted by atomic mass is 9.81. The summed E-state index contributed by atoms with van der Waals surface area (Å²) in [6.45, 7) is 0. The number of methoxy groups -OCH3 is 1. The molecule has 0 aromatic heterocycles. The number of hydrogen-bond acceptors (Lipinski definition) is 2. The van der Waals surface area contributed by atoms with Gasteiger partial charge < -0.3 is 4.74 Å². The van der Waals surface area contributed by atoms with E-state index in [2.05, 4.69) is 0 Å². The minimum Gasteiger partial charge on any atom is -0.504 e. The van der Waals surface area contributed by atoms with E-state index in [1.807, 2.05) is 0 Å². The molecule has 0 aliphatic heterocycles. The van der Waals surface area contributed by atoms with Gasteiger partial charge in [-0.1, -0.05) is 6.42 Å². The van der Waals surface area contributed by atoms with Gasteiger partial charge in [0.05, 0.1) is 19.8 Å². The zero-order valence-corrected chi connectivity index (χ0v) is 11.3. The highest BCUT2D eigenvalue weighted by Gasteiger charge is 2.28. The molecule has 0 saturated heterocycles. The number of carbonyl (C=O) groups is 1. The largest absolute Gasteiger partial charge is 0.504 e. The molecule has 2 nitrogen and oxygen atoms in total. The van der Waals surface area contributed by atoms with Crippen molar-refractivity contribution in [2.75, 3.05) is 7.11 Å². The Hall–Kier alpha value is -1.00. The maximum atomic E-state index is 12.0. The Morgan fingerprint density at radius 2 is 2.11 bits per heavy atom. The molecule has 0 N–H and O–H groups in total. The number of allylic oxidation sites excluding steroid dienone is 1. The Morgan fingerprint density at radius 1 is 1.37 bits per heavy atom. The van der Waals surface area contributed by atoms with Gasteiger partial charge in [-0.2, -0.15) is 13.2 Å². The van der Waals surface area contributed by atoms with Crippen molar-refractivity contribution in [3.05, 3.63) is 11.8 Å². The number of Topliss-reactive ketones (excluding diaryl/α,β-unsaturated/α-hetero) is 1. The zero-order chi connectivity index (χ0) is 14.3. The highest BCUT2D eigenvalue weighted by Crippen LogP contribution is 2.33. The average molecular weight is 278 g/mol. The minimum absolute atomic E-state index is 0.238. The predicted molar refractivity (Wildman–Crippen MR) is 66.6 cm³/mol. The Balaban J connectivity index is 2.34. The van der Waals surface area contributed by atoms with Gasteiger partial charge in [0.25, 0.3) is 0 Å². The standard InChI is InChI=1S/C14H21F3O2/c1-19-10-12-5-3-2-4-11(12)6-7-13(18)8-9-14(15,16)17/h10-11H,2-9H2,1H3/b12-10+/t11-/m0/s1. The van der Waals surface area contributed by atoms with E-state index in [9.17, 15) is 18.0 Å². The van der Waals surface area contributed by atoms with Crippen molar-refractivity contribution in [1.82, 2.24) is 0 Å². The van der Waals surface area contributed by atoms with E-state index in [-0.39, 0.29) is 18.6 Å². The van der Waals surface area contributed by atoms with Crippen LogP contribution >= 0.6 is 0 Å². The van der Waals surface area contributed by atoms with Crippen LogP contribution in [-0.4, -0.2) is 19.1 Å². The van der Waals surface area contributed by atoms with Crippen LogP contribution in [-0.2, 0) is 9.53 Å². The first-order valence-electron chi connectivity index (χ1n) is 6.72. The quantitative estimate of drug-likeness (QED) is 0.673. The molecule has 0 aromatic carbocycles. The van der Waals surface area contributed by atoms with E-state index in [1.165, 1.54) is 5.57 Å². The van der Waals surface area contributed by atoms with Crippen molar-refractivity contribution in [2.45, 2.75) is 57.5 Å². The topological polar surface area (TPSA) is 26.3 Å². The SMILES string of the molecule is CO/C=C1\CCCC[C@H]1CCC(=O)CCC(F)(F)F. The van der Waals surface area contributed by atoms with Crippen LogP contribution in [0, 0.1) is 5.92 Å². The second kappa shape index (κ2) is 7.56. The predicted octanol–water partition coefficient (Wildman–Crippen LogP) is 4.40.